The topological polar surface area (TPSA) is 84.7 Å². The molecule has 1 aliphatic rings. The average molecular weight is 319 g/mol. The third-order valence-electron chi connectivity index (χ3n) is 4.10. The summed E-state index contributed by atoms with van der Waals surface area (Å²) in [6, 6.07) is 7.79. The first kappa shape index (κ1) is 17.3. The Kier molecular flexibility index (Phi) is 5.98. The lowest BCUT2D eigenvalue weighted by Gasteiger charge is -2.15. The van der Waals surface area contributed by atoms with Crippen LogP contribution in [0.2, 0.25) is 0 Å². The Bertz CT molecular complexity index is 562. The van der Waals surface area contributed by atoms with Gasteiger partial charge in [0, 0.05) is 13.1 Å². The van der Waals surface area contributed by atoms with Crippen molar-refractivity contribution in [3.8, 4) is 5.75 Å². The van der Waals surface area contributed by atoms with Crippen LogP contribution in [-0.4, -0.2) is 49.5 Å². The highest BCUT2D eigenvalue weighted by Gasteiger charge is 2.33. The normalized spacial score (nSPS) is 21.1. The lowest BCUT2D eigenvalue weighted by molar-refractivity contribution is -0.124. The number of nitrogens with two attached hydrogens (primary N) is 1. The van der Waals surface area contributed by atoms with Gasteiger partial charge in [0.25, 0.3) is 0 Å². The minimum atomic E-state index is -0.285. The highest BCUT2D eigenvalue weighted by Crippen LogP contribution is 2.21. The van der Waals surface area contributed by atoms with Gasteiger partial charge in [0.15, 0.2) is 0 Å². The van der Waals surface area contributed by atoms with Crippen molar-refractivity contribution in [3.63, 3.8) is 0 Å². The number of aryl methyl sites for hydroxylation is 1. The number of rotatable bonds is 7. The number of carbonyl (C=O) groups is 2. The van der Waals surface area contributed by atoms with Gasteiger partial charge in [-0.15, -0.1) is 0 Å². The fourth-order valence-electron chi connectivity index (χ4n) is 2.89. The molecule has 2 rings (SSSR count). The van der Waals surface area contributed by atoms with Crippen molar-refractivity contribution in [1.82, 2.24) is 10.2 Å². The van der Waals surface area contributed by atoms with Gasteiger partial charge in [-0.25, -0.2) is 0 Å². The van der Waals surface area contributed by atoms with E-state index in [1.165, 1.54) is 0 Å². The number of amides is 2. The van der Waals surface area contributed by atoms with E-state index in [9.17, 15) is 9.59 Å². The summed E-state index contributed by atoms with van der Waals surface area (Å²) in [6.07, 6.45) is 0. The maximum absolute atomic E-state index is 11.9. The minimum Gasteiger partial charge on any atom is -0.492 e. The Hall–Kier alpha value is -2.08. The van der Waals surface area contributed by atoms with Gasteiger partial charge in [-0.05, 0) is 30.5 Å². The van der Waals surface area contributed by atoms with Gasteiger partial charge in [-0.2, -0.15) is 0 Å². The summed E-state index contributed by atoms with van der Waals surface area (Å²) in [4.78, 5) is 25.2. The number of nitrogens with one attached hydrogen (secondary N) is 1. The van der Waals surface area contributed by atoms with Crippen LogP contribution in [0.3, 0.4) is 0 Å². The zero-order valence-corrected chi connectivity index (χ0v) is 13.7. The molecule has 0 unspecified atom stereocenters. The second kappa shape index (κ2) is 7.97. The van der Waals surface area contributed by atoms with Crippen LogP contribution in [0, 0.1) is 18.8 Å². The number of primary amides is 1. The molecule has 0 spiro atoms. The third-order valence-corrected chi connectivity index (χ3v) is 4.10. The predicted molar refractivity (Wildman–Crippen MR) is 88.0 cm³/mol. The molecule has 23 heavy (non-hydrogen) atoms. The molecular formula is C17H25N3O3. The molecule has 3 N–H and O–H groups in total. The molecule has 0 saturated carbocycles. The molecule has 1 aromatic carbocycles. The van der Waals surface area contributed by atoms with E-state index >= 15 is 0 Å². The molecule has 0 radical (unpaired) electrons. The molecule has 1 fully saturated rings. The zero-order chi connectivity index (χ0) is 16.8. The van der Waals surface area contributed by atoms with E-state index < -0.39 is 0 Å². The second-order valence-corrected chi connectivity index (χ2v) is 6.20. The van der Waals surface area contributed by atoms with E-state index in [2.05, 4.69) is 5.32 Å². The van der Waals surface area contributed by atoms with Crippen molar-refractivity contribution in [3.05, 3.63) is 29.8 Å². The lowest BCUT2D eigenvalue weighted by atomic mass is 9.98. The molecule has 6 nitrogen and oxygen atoms in total. The standard InChI is InChI=1S/C17H25N3O3/c1-12-4-3-5-14(8-12)23-7-6-19-16(21)11-20-9-13(2)15(10-20)17(18)22/h3-5,8,13,15H,6-7,9-11H2,1-2H3,(H2,18,22)(H,19,21)/t13-,15-/m1/s1. The van der Waals surface area contributed by atoms with Crippen LogP contribution in [0.5, 0.6) is 5.75 Å². The Morgan fingerprint density at radius 1 is 1.39 bits per heavy atom. The number of hydrogen-bond donors (Lipinski definition) is 2. The molecule has 6 heteroatoms. The molecule has 1 heterocycles. The van der Waals surface area contributed by atoms with E-state index in [-0.39, 0.29) is 23.7 Å². The van der Waals surface area contributed by atoms with Crippen molar-refractivity contribution < 1.29 is 14.3 Å². The van der Waals surface area contributed by atoms with Gasteiger partial charge < -0.3 is 15.8 Å². The molecule has 1 aromatic rings. The van der Waals surface area contributed by atoms with Crippen molar-refractivity contribution in [2.75, 3.05) is 32.8 Å². The predicted octanol–water partition coefficient (Wildman–Crippen LogP) is 0.543. The molecular weight excluding hydrogens is 294 g/mol. The van der Waals surface area contributed by atoms with Gasteiger partial charge >= 0.3 is 0 Å². The van der Waals surface area contributed by atoms with Crippen molar-refractivity contribution >= 4 is 11.8 Å². The molecule has 1 saturated heterocycles. The van der Waals surface area contributed by atoms with E-state index in [4.69, 9.17) is 10.5 Å². The fourth-order valence-corrected chi connectivity index (χ4v) is 2.89. The van der Waals surface area contributed by atoms with Gasteiger partial charge in [0.2, 0.25) is 11.8 Å². The largest absolute Gasteiger partial charge is 0.492 e. The number of ether oxygens (including phenoxy) is 1. The quantitative estimate of drug-likeness (QED) is 0.719. The first-order valence-corrected chi connectivity index (χ1v) is 7.93. The first-order valence-electron chi connectivity index (χ1n) is 7.93. The van der Waals surface area contributed by atoms with Crippen LogP contribution in [0.25, 0.3) is 0 Å². The Morgan fingerprint density at radius 3 is 2.83 bits per heavy atom. The zero-order valence-electron chi connectivity index (χ0n) is 13.7. The summed E-state index contributed by atoms with van der Waals surface area (Å²) in [5.74, 6) is 0.497. The van der Waals surface area contributed by atoms with Crippen LogP contribution in [0.15, 0.2) is 24.3 Å². The van der Waals surface area contributed by atoms with E-state index in [0.29, 0.717) is 26.2 Å². The molecule has 1 aliphatic heterocycles. The fraction of sp³-hybridized carbons (Fsp3) is 0.529. The second-order valence-electron chi connectivity index (χ2n) is 6.20. The summed E-state index contributed by atoms with van der Waals surface area (Å²) >= 11 is 0. The molecule has 0 bridgehead atoms. The highest BCUT2D eigenvalue weighted by molar-refractivity contribution is 5.79. The molecule has 2 amide bonds. The van der Waals surface area contributed by atoms with Crippen LogP contribution in [-0.2, 0) is 9.59 Å². The van der Waals surface area contributed by atoms with Gasteiger partial charge in [0.1, 0.15) is 12.4 Å². The summed E-state index contributed by atoms with van der Waals surface area (Å²) in [7, 11) is 0. The maximum Gasteiger partial charge on any atom is 0.234 e. The first-order chi connectivity index (χ1) is 11.0. The van der Waals surface area contributed by atoms with Gasteiger partial charge in [-0.1, -0.05) is 19.1 Å². The number of likely N-dealkylation sites (tertiary alicyclic amines) is 1. The summed E-state index contributed by atoms with van der Waals surface area (Å²) < 4.78 is 5.58. The SMILES string of the molecule is Cc1cccc(OCCNC(=O)CN2C[C@@H](C)[C@H](C(N)=O)C2)c1. The third kappa shape index (κ3) is 5.25. The Balaban J connectivity index is 1.65. The summed E-state index contributed by atoms with van der Waals surface area (Å²) in [5, 5.41) is 2.83. The number of hydrogen-bond acceptors (Lipinski definition) is 4. The molecule has 2 atom stereocenters. The Labute approximate surface area is 137 Å². The van der Waals surface area contributed by atoms with Crippen molar-refractivity contribution in [2.45, 2.75) is 13.8 Å². The van der Waals surface area contributed by atoms with Crippen LogP contribution in [0.4, 0.5) is 0 Å². The maximum atomic E-state index is 11.9. The molecule has 0 aromatic heterocycles. The van der Waals surface area contributed by atoms with Crippen LogP contribution in [0.1, 0.15) is 12.5 Å². The number of benzene rings is 1. The number of nitrogens with zero attached hydrogens (tertiary/aromatic N) is 1. The van der Waals surface area contributed by atoms with Crippen LogP contribution >= 0.6 is 0 Å². The van der Waals surface area contributed by atoms with Crippen molar-refractivity contribution in [2.24, 2.45) is 17.6 Å². The summed E-state index contributed by atoms with van der Waals surface area (Å²) in [6.45, 7) is 6.45. The smallest absolute Gasteiger partial charge is 0.234 e. The monoisotopic (exact) mass is 319 g/mol. The average Bonchev–Trinajstić information content (AvgIpc) is 2.84. The van der Waals surface area contributed by atoms with E-state index in [0.717, 1.165) is 17.9 Å². The van der Waals surface area contributed by atoms with Gasteiger partial charge in [0.05, 0.1) is 19.0 Å². The van der Waals surface area contributed by atoms with E-state index in [1.54, 1.807) is 0 Å². The molecule has 0 aliphatic carbocycles. The Morgan fingerprint density at radius 2 is 2.17 bits per heavy atom. The number of carbonyl (C=O) groups excluding carboxylic acids is 2. The highest BCUT2D eigenvalue weighted by atomic mass is 16.5. The summed E-state index contributed by atoms with van der Waals surface area (Å²) in [5.41, 5.74) is 6.50. The van der Waals surface area contributed by atoms with Crippen molar-refractivity contribution in [1.29, 1.82) is 0 Å². The van der Waals surface area contributed by atoms with Gasteiger partial charge in [-0.3, -0.25) is 14.5 Å². The minimum absolute atomic E-state index is 0.0600. The molecule has 126 valence electrons. The van der Waals surface area contributed by atoms with Crippen LogP contribution < -0.4 is 15.8 Å². The lowest BCUT2D eigenvalue weighted by Crippen LogP contribution is -2.38. The van der Waals surface area contributed by atoms with E-state index in [1.807, 2.05) is 43.0 Å².